The van der Waals surface area contributed by atoms with Gasteiger partial charge in [-0.05, 0) is 29.8 Å². The van der Waals surface area contributed by atoms with Gasteiger partial charge in [0.05, 0.1) is 0 Å². The number of hydrogen-bond donors (Lipinski definition) is 2. The number of halogens is 1. The summed E-state index contributed by atoms with van der Waals surface area (Å²) in [7, 11) is 0. The second-order valence-corrected chi connectivity index (χ2v) is 4.44. The number of aromatic nitrogens is 1. The van der Waals surface area contributed by atoms with Crippen LogP contribution in [-0.2, 0) is 4.79 Å². The molecule has 0 saturated carbocycles. The number of amides is 2. The fraction of sp³-hybridized carbons (Fsp3) is 0. The van der Waals surface area contributed by atoms with Crippen LogP contribution >= 0.6 is 11.6 Å². The van der Waals surface area contributed by atoms with Crippen molar-refractivity contribution in [2.24, 2.45) is 0 Å². The van der Waals surface area contributed by atoms with E-state index in [1.165, 1.54) is 18.5 Å². The normalized spacial score (nSPS) is 10.3. The maximum Gasteiger partial charge on any atom is 0.269 e. The molecule has 0 aliphatic heterocycles. The molecular weight excluding hydrogens is 290 g/mol. The summed E-state index contributed by atoms with van der Waals surface area (Å²) < 4.78 is 0. The van der Waals surface area contributed by atoms with Crippen LogP contribution in [0.25, 0.3) is 6.08 Å². The lowest BCUT2D eigenvalue weighted by Gasteiger charge is -2.04. The molecule has 0 saturated heterocycles. The van der Waals surface area contributed by atoms with Crippen LogP contribution in [0.15, 0.2) is 54.9 Å². The smallest absolute Gasteiger partial charge is 0.268 e. The molecule has 0 radical (unpaired) electrons. The Balaban J connectivity index is 1.88. The van der Waals surface area contributed by atoms with E-state index in [1.807, 2.05) is 6.07 Å². The second kappa shape index (κ2) is 7.21. The number of hydrazine groups is 1. The Morgan fingerprint density at radius 1 is 1.05 bits per heavy atom. The zero-order chi connectivity index (χ0) is 15.1. The van der Waals surface area contributed by atoms with Crippen LogP contribution in [0.3, 0.4) is 0 Å². The van der Waals surface area contributed by atoms with E-state index in [0.717, 1.165) is 5.56 Å². The highest BCUT2D eigenvalue weighted by atomic mass is 35.5. The van der Waals surface area contributed by atoms with Crippen LogP contribution in [0.1, 0.15) is 15.9 Å². The van der Waals surface area contributed by atoms with Crippen molar-refractivity contribution in [2.75, 3.05) is 0 Å². The molecule has 0 aliphatic carbocycles. The first kappa shape index (κ1) is 14.7. The van der Waals surface area contributed by atoms with Crippen LogP contribution in [-0.4, -0.2) is 16.8 Å². The van der Waals surface area contributed by atoms with Crippen molar-refractivity contribution in [3.63, 3.8) is 0 Å². The van der Waals surface area contributed by atoms with Crippen molar-refractivity contribution >= 4 is 29.5 Å². The zero-order valence-corrected chi connectivity index (χ0v) is 11.7. The van der Waals surface area contributed by atoms with Gasteiger partial charge in [-0.25, -0.2) is 0 Å². The Morgan fingerprint density at radius 3 is 2.48 bits per heavy atom. The van der Waals surface area contributed by atoms with E-state index in [4.69, 9.17) is 11.6 Å². The Labute approximate surface area is 126 Å². The van der Waals surface area contributed by atoms with E-state index in [9.17, 15) is 9.59 Å². The van der Waals surface area contributed by atoms with Gasteiger partial charge < -0.3 is 0 Å². The lowest BCUT2D eigenvalue weighted by molar-refractivity contribution is -0.117. The molecule has 106 valence electrons. The molecule has 0 aliphatic rings. The lowest BCUT2D eigenvalue weighted by Crippen LogP contribution is -2.40. The van der Waals surface area contributed by atoms with Gasteiger partial charge in [0.15, 0.2) is 0 Å². The first-order valence-corrected chi connectivity index (χ1v) is 6.47. The molecule has 1 aromatic heterocycles. The molecule has 0 bridgehead atoms. The van der Waals surface area contributed by atoms with Crippen molar-refractivity contribution in [3.05, 3.63) is 71.0 Å². The van der Waals surface area contributed by atoms with E-state index in [1.54, 1.807) is 36.4 Å². The van der Waals surface area contributed by atoms with E-state index in [2.05, 4.69) is 15.8 Å². The topological polar surface area (TPSA) is 71.1 Å². The molecule has 21 heavy (non-hydrogen) atoms. The van der Waals surface area contributed by atoms with Gasteiger partial charge in [0, 0.05) is 29.1 Å². The first-order valence-electron chi connectivity index (χ1n) is 6.10. The second-order valence-electron chi connectivity index (χ2n) is 4.03. The average Bonchev–Trinajstić information content (AvgIpc) is 2.52. The van der Waals surface area contributed by atoms with Crippen molar-refractivity contribution in [3.8, 4) is 0 Å². The summed E-state index contributed by atoms with van der Waals surface area (Å²) in [5.74, 6) is -0.880. The van der Waals surface area contributed by atoms with E-state index < -0.39 is 11.8 Å². The molecule has 0 atom stereocenters. The summed E-state index contributed by atoms with van der Waals surface area (Å²) in [6, 6.07) is 10.2. The highest BCUT2D eigenvalue weighted by molar-refractivity contribution is 6.32. The van der Waals surface area contributed by atoms with Gasteiger partial charge in [-0.1, -0.05) is 29.8 Å². The Hall–Kier alpha value is -2.66. The molecule has 1 aromatic carbocycles. The fourth-order valence-electron chi connectivity index (χ4n) is 1.51. The molecule has 5 nitrogen and oxygen atoms in total. The molecule has 0 spiro atoms. The summed E-state index contributed by atoms with van der Waals surface area (Å²) in [5.41, 5.74) is 5.70. The summed E-state index contributed by atoms with van der Waals surface area (Å²) in [6.45, 7) is 0. The van der Waals surface area contributed by atoms with Crippen molar-refractivity contribution < 1.29 is 9.59 Å². The minimum atomic E-state index is -0.461. The number of pyridine rings is 1. The Bertz CT molecular complexity index is 672. The molecule has 2 amide bonds. The minimum absolute atomic E-state index is 0.403. The van der Waals surface area contributed by atoms with Crippen molar-refractivity contribution in [2.45, 2.75) is 0 Å². The number of nitrogens with zero attached hydrogens (tertiary/aromatic N) is 1. The number of carbonyl (C=O) groups excluding carboxylic acids is 2. The molecular formula is C15H12ClN3O2. The van der Waals surface area contributed by atoms with Gasteiger partial charge in [0.25, 0.3) is 11.8 Å². The predicted molar refractivity (Wildman–Crippen MR) is 80.3 cm³/mol. The highest BCUT2D eigenvalue weighted by Gasteiger charge is 2.04. The highest BCUT2D eigenvalue weighted by Crippen LogP contribution is 2.15. The van der Waals surface area contributed by atoms with E-state index >= 15 is 0 Å². The third kappa shape index (κ3) is 4.43. The summed E-state index contributed by atoms with van der Waals surface area (Å²) >= 11 is 5.96. The summed E-state index contributed by atoms with van der Waals surface area (Å²) in [4.78, 5) is 27.1. The third-order valence-electron chi connectivity index (χ3n) is 2.56. The van der Waals surface area contributed by atoms with E-state index in [0.29, 0.717) is 10.6 Å². The van der Waals surface area contributed by atoms with Crippen molar-refractivity contribution in [1.29, 1.82) is 0 Å². The fourth-order valence-corrected chi connectivity index (χ4v) is 1.71. The zero-order valence-electron chi connectivity index (χ0n) is 10.9. The summed E-state index contributed by atoms with van der Waals surface area (Å²) in [6.07, 6.45) is 5.84. The average molecular weight is 302 g/mol. The number of carbonyl (C=O) groups is 2. The van der Waals surface area contributed by atoms with Gasteiger partial charge in [0.1, 0.15) is 0 Å². The van der Waals surface area contributed by atoms with Crippen LogP contribution in [0.5, 0.6) is 0 Å². The molecule has 1 heterocycles. The maximum atomic E-state index is 11.7. The van der Waals surface area contributed by atoms with Gasteiger partial charge in [-0.15, -0.1) is 0 Å². The van der Waals surface area contributed by atoms with Gasteiger partial charge in [0.2, 0.25) is 0 Å². The summed E-state index contributed by atoms with van der Waals surface area (Å²) in [5, 5.41) is 0.544. The van der Waals surface area contributed by atoms with Crippen LogP contribution in [0, 0.1) is 0 Å². The SMILES string of the molecule is O=C(/C=C/c1ccccc1Cl)NNC(=O)c1ccncc1. The Morgan fingerprint density at radius 2 is 1.76 bits per heavy atom. The standard InChI is InChI=1S/C15H12ClN3O2/c16-13-4-2-1-3-11(13)5-6-14(20)18-19-15(21)12-7-9-17-10-8-12/h1-10H,(H,18,20)(H,19,21)/b6-5+. The quantitative estimate of drug-likeness (QED) is 0.674. The van der Waals surface area contributed by atoms with Crippen LogP contribution in [0.2, 0.25) is 5.02 Å². The minimum Gasteiger partial charge on any atom is -0.268 e. The number of rotatable bonds is 3. The molecule has 2 aromatic rings. The third-order valence-corrected chi connectivity index (χ3v) is 2.91. The molecule has 6 heteroatoms. The van der Waals surface area contributed by atoms with E-state index in [-0.39, 0.29) is 0 Å². The number of nitrogens with one attached hydrogen (secondary N) is 2. The Kier molecular flexibility index (Phi) is 5.06. The van der Waals surface area contributed by atoms with Gasteiger partial charge in [-0.2, -0.15) is 0 Å². The van der Waals surface area contributed by atoms with Crippen molar-refractivity contribution in [1.82, 2.24) is 15.8 Å². The largest absolute Gasteiger partial charge is 0.269 e. The first-order chi connectivity index (χ1) is 10.2. The molecule has 0 unspecified atom stereocenters. The number of hydrogen-bond acceptors (Lipinski definition) is 3. The maximum absolute atomic E-state index is 11.7. The molecule has 2 rings (SSSR count). The predicted octanol–water partition coefficient (Wildman–Crippen LogP) is 2.21. The number of benzene rings is 1. The van der Waals surface area contributed by atoms with Gasteiger partial charge in [-0.3, -0.25) is 25.4 Å². The molecule has 0 fully saturated rings. The lowest BCUT2D eigenvalue weighted by atomic mass is 10.2. The van der Waals surface area contributed by atoms with Gasteiger partial charge >= 0.3 is 0 Å². The molecule has 2 N–H and O–H groups in total. The van der Waals surface area contributed by atoms with Crippen LogP contribution < -0.4 is 10.9 Å². The monoisotopic (exact) mass is 301 g/mol. The van der Waals surface area contributed by atoms with Crippen LogP contribution in [0.4, 0.5) is 0 Å².